The van der Waals surface area contributed by atoms with Crippen molar-refractivity contribution in [3.8, 4) is 0 Å². The molecule has 23 atom stereocenters. The van der Waals surface area contributed by atoms with Crippen LogP contribution in [-0.4, -0.2) is 169 Å². The van der Waals surface area contributed by atoms with Gasteiger partial charge in [-0.2, -0.15) is 0 Å². The minimum absolute atomic E-state index is 0.00316. The number of hydrogen-bond donors (Lipinski definition) is 10. The number of carbonyl (C=O) groups is 1. The fraction of sp³-hybridized carbons (Fsp3) is 0.936. The summed E-state index contributed by atoms with van der Waals surface area (Å²) in [4.78, 5) is 13.1. The highest BCUT2D eigenvalue weighted by Gasteiger charge is 2.70. The lowest BCUT2D eigenvalue weighted by atomic mass is 9.33. The number of rotatable bonds is 10. The number of aliphatic carboxylic acids is 1. The number of aliphatic hydroxyl groups excluding tert-OH is 9. The van der Waals surface area contributed by atoms with Gasteiger partial charge in [0, 0.05) is 5.41 Å². The second-order valence-electron chi connectivity index (χ2n) is 22.8. The van der Waals surface area contributed by atoms with Gasteiger partial charge < -0.3 is 79.5 Å². The first-order valence-electron chi connectivity index (χ1n) is 23.7. The lowest BCUT2D eigenvalue weighted by Gasteiger charge is -2.71. The van der Waals surface area contributed by atoms with Gasteiger partial charge in [0.05, 0.1) is 37.4 Å². The first-order chi connectivity index (χ1) is 30.0. The van der Waals surface area contributed by atoms with E-state index in [1.807, 2.05) is 6.92 Å². The molecule has 0 aromatic carbocycles. The molecule has 7 fully saturated rings. The van der Waals surface area contributed by atoms with Crippen LogP contribution in [0, 0.1) is 50.2 Å². The van der Waals surface area contributed by atoms with Crippen LogP contribution in [0.4, 0.5) is 0 Å². The third-order valence-corrected chi connectivity index (χ3v) is 19.1. The standard InChI is InChI=1S/C47H76O17/c1-22-30(51)36(63-38-34(55)33(54)31(52)25(19-48)60-38)35(56)39(59-22)64-37-32(53)26(20-49)61-40(37)62-29-11-12-43(4)27(44(29,5)21-50)10-13-46(7)28(43)9-8-23-24-18-42(2,3)14-16-47(24,41(57)58)17-15-45(23,46)6/h8,22,24-40,48-56H,9-21H2,1-7H3,(H,57,58). The first-order valence-corrected chi connectivity index (χ1v) is 23.7. The number of hydrogen-bond acceptors (Lipinski definition) is 16. The lowest BCUT2D eigenvalue weighted by Crippen LogP contribution is -2.66. The molecule has 0 amide bonds. The maximum atomic E-state index is 13.1. The summed E-state index contributed by atoms with van der Waals surface area (Å²) in [6.45, 7) is 13.8. The van der Waals surface area contributed by atoms with Crippen LogP contribution >= 0.6 is 0 Å². The molecule has 8 aliphatic rings. The molecular weight excluding hydrogens is 837 g/mol. The van der Waals surface area contributed by atoms with Crippen molar-refractivity contribution >= 4 is 5.97 Å². The SMILES string of the molecule is CC1OC(OC2C(OC3CCC4(C)C(CCC5(C)C4CC=C4C6CC(C)(C)CCC6(C(=O)O)CCC45C)C3(C)CO)OC(CO)C2O)C(O)C(OC2OC(CO)C(O)C(O)C2O)C1O. The molecule has 17 nitrogen and oxygen atoms in total. The Balaban J connectivity index is 1.01. The average molecular weight is 913 g/mol. The fourth-order valence-corrected chi connectivity index (χ4v) is 14.9. The maximum Gasteiger partial charge on any atom is 0.310 e. The maximum absolute atomic E-state index is 13.1. The van der Waals surface area contributed by atoms with Crippen molar-refractivity contribution in [3.05, 3.63) is 11.6 Å². The van der Waals surface area contributed by atoms with Gasteiger partial charge in [-0.15, -0.1) is 0 Å². The number of fused-ring (bicyclic) bond motifs is 7. The van der Waals surface area contributed by atoms with Gasteiger partial charge in [0.2, 0.25) is 0 Å². The molecule has 0 bridgehead atoms. The zero-order valence-electron chi connectivity index (χ0n) is 38.5. The average Bonchev–Trinajstić information content (AvgIpc) is 3.54. The predicted octanol–water partition coefficient (Wildman–Crippen LogP) is 1.35. The van der Waals surface area contributed by atoms with Gasteiger partial charge in [0.25, 0.3) is 0 Å². The van der Waals surface area contributed by atoms with Gasteiger partial charge in [0.15, 0.2) is 18.9 Å². The van der Waals surface area contributed by atoms with Crippen LogP contribution in [0.3, 0.4) is 0 Å². The second kappa shape index (κ2) is 17.2. The zero-order valence-corrected chi connectivity index (χ0v) is 38.5. The van der Waals surface area contributed by atoms with E-state index < -0.39 is 122 Å². The number of aliphatic hydroxyl groups is 9. The van der Waals surface area contributed by atoms with Crippen LogP contribution < -0.4 is 0 Å². The molecule has 4 saturated carbocycles. The van der Waals surface area contributed by atoms with E-state index in [-0.39, 0.29) is 46.0 Å². The first kappa shape index (κ1) is 49.0. The van der Waals surface area contributed by atoms with Crippen molar-refractivity contribution in [2.24, 2.45) is 50.2 Å². The molecule has 0 spiro atoms. The molecule has 5 aliphatic carbocycles. The lowest BCUT2D eigenvalue weighted by molar-refractivity contribution is -0.367. The molecule has 3 saturated heterocycles. The summed E-state index contributed by atoms with van der Waals surface area (Å²) in [5.41, 5.74) is -0.607. The third-order valence-electron chi connectivity index (χ3n) is 19.1. The van der Waals surface area contributed by atoms with Crippen molar-refractivity contribution in [1.82, 2.24) is 0 Å². The Morgan fingerprint density at radius 3 is 1.95 bits per heavy atom. The van der Waals surface area contributed by atoms with Crippen LogP contribution in [0.1, 0.15) is 113 Å². The molecule has 0 aromatic heterocycles. The van der Waals surface area contributed by atoms with E-state index in [0.29, 0.717) is 19.3 Å². The Bertz CT molecular complexity index is 1750. The van der Waals surface area contributed by atoms with E-state index in [9.17, 15) is 55.9 Å². The van der Waals surface area contributed by atoms with Crippen LogP contribution in [-0.2, 0) is 33.2 Å². The largest absolute Gasteiger partial charge is 0.481 e. The molecule has 366 valence electrons. The van der Waals surface area contributed by atoms with Crippen LogP contribution in [0.5, 0.6) is 0 Å². The molecule has 8 rings (SSSR count). The molecule has 3 aliphatic heterocycles. The van der Waals surface area contributed by atoms with E-state index in [2.05, 4.69) is 40.7 Å². The summed E-state index contributed by atoms with van der Waals surface area (Å²) < 4.78 is 36.3. The van der Waals surface area contributed by atoms with Crippen molar-refractivity contribution < 1.29 is 84.3 Å². The molecule has 3 heterocycles. The summed E-state index contributed by atoms with van der Waals surface area (Å²) in [5.74, 6) is -0.390. The van der Waals surface area contributed by atoms with Gasteiger partial charge in [0.1, 0.15) is 61.0 Å². The van der Waals surface area contributed by atoms with Crippen molar-refractivity contribution in [2.45, 2.75) is 205 Å². The summed E-state index contributed by atoms with van der Waals surface area (Å²) in [6.07, 6.45) is -11.3. The number of ether oxygens (including phenoxy) is 6. The van der Waals surface area contributed by atoms with E-state index in [0.717, 1.165) is 44.9 Å². The quantitative estimate of drug-likeness (QED) is 0.139. The molecule has 0 radical (unpaired) electrons. The van der Waals surface area contributed by atoms with Crippen LogP contribution in [0.25, 0.3) is 0 Å². The predicted molar refractivity (Wildman–Crippen MR) is 225 cm³/mol. The molecule has 10 N–H and O–H groups in total. The Kier molecular flexibility index (Phi) is 13.2. The number of allylic oxidation sites excluding steroid dienone is 2. The van der Waals surface area contributed by atoms with E-state index >= 15 is 0 Å². The fourth-order valence-electron chi connectivity index (χ4n) is 14.9. The molecule has 64 heavy (non-hydrogen) atoms. The normalized spacial score (nSPS) is 54.8. The van der Waals surface area contributed by atoms with E-state index in [1.165, 1.54) is 12.5 Å². The van der Waals surface area contributed by atoms with Gasteiger partial charge in [-0.1, -0.05) is 53.2 Å². The minimum Gasteiger partial charge on any atom is -0.481 e. The monoisotopic (exact) mass is 913 g/mol. The highest BCUT2D eigenvalue weighted by molar-refractivity contribution is 5.76. The van der Waals surface area contributed by atoms with E-state index in [4.69, 9.17) is 28.4 Å². The number of carboxylic acid groups (broad SMARTS) is 1. The van der Waals surface area contributed by atoms with Crippen molar-refractivity contribution in [3.63, 3.8) is 0 Å². The van der Waals surface area contributed by atoms with Gasteiger partial charge in [-0.05, 0) is 111 Å². The Labute approximate surface area is 376 Å². The second-order valence-corrected chi connectivity index (χ2v) is 22.8. The third kappa shape index (κ3) is 7.40. The topological polar surface area (TPSA) is 275 Å². The molecule has 0 aromatic rings. The summed E-state index contributed by atoms with van der Waals surface area (Å²) >= 11 is 0. The Morgan fingerprint density at radius 2 is 1.30 bits per heavy atom. The highest BCUT2D eigenvalue weighted by atomic mass is 16.8. The molecule has 17 heteroatoms. The summed E-state index contributed by atoms with van der Waals surface area (Å²) in [7, 11) is 0. The highest BCUT2D eigenvalue weighted by Crippen LogP contribution is 2.76. The Morgan fingerprint density at radius 1 is 0.672 bits per heavy atom. The van der Waals surface area contributed by atoms with Crippen LogP contribution in [0.15, 0.2) is 11.6 Å². The van der Waals surface area contributed by atoms with Gasteiger partial charge in [-0.25, -0.2) is 0 Å². The van der Waals surface area contributed by atoms with Crippen molar-refractivity contribution in [2.75, 3.05) is 19.8 Å². The molecule has 23 unspecified atom stereocenters. The van der Waals surface area contributed by atoms with E-state index in [1.54, 1.807) is 0 Å². The molecular formula is C47H76O17. The summed E-state index contributed by atoms with van der Waals surface area (Å²) in [5, 5.41) is 107. The number of carboxylic acids is 1. The summed E-state index contributed by atoms with van der Waals surface area (Å²) in [6, 6.07) is 0. The van der Waals surface area contributed by atoms with Crippen molar-refractivity contribution in [1.29, 1.82) is 0 Å². The smallest absolute Gasteiger partial charge is 0.310 e. The van der Waals surface area contributed by atoms with Gasteiger partial charge >= 0.3 is 5.97 Å². The van der Waals surface area contributed by atoms with Gasteiger partial charge in [-0.3, -0.25) is 4.79 Å². The minimum atomic E-state index is -1.82. The zero-order chi connectivity index (χ0) is 46.7. The Hall–Kier alpha value is -1.39. The van der Waals surface area contributed by atoms with Crippen LogP contribution in [0.2, 0.25) is 0 Å².